The number of ether oxygens (including phenoxy) is 2. The van der Waals surface area contributed by atoms with E-state index in [0.29, 0.717) is 12.5 Å². The van der Waals surface area contributed by atoms with Crippen LogP contribution in [0.15, 0.2) is 41.5 Å². The molecule has 0 saturated carbocycles. The van der Waals surface area contributed by atoms with Crippen molar-refractivity contribution >= 4 is 0 Å². The van der Waals surface area contributed by atoms with Gasteiger partial charge < -0.3 is 18.5 Å². The third kappa shape index (κ3) is 3.49. The Morgan fingerprint density at radius 3 is 3.22 bits per heavy atom. The maximum atomic E-state index is 6.24. The van der Waals surface area contributed by atoms with Gasteiger partial charge in [-0.3, -0.25) is 4.90 Å². The van der Waals surface area contributed by atoms with Crippen molar-refractivity contribution < 1.29 is 13.9 Å². The summed E-state index contributed by atoms with van der Waals surface area (Å²) >= 11 is 0. The Morgan fingerprint density at radius 2 is 2.39 bits per heavy atom. The molecule has 2 aliphatic heterocycles. The smallest absolute Gasteiger partial charge is 0.117 e. The van der Waals surface area contributed by atoms with E-state index >= 15 is 0 Å². The molecule has 0 aromatic carbocycles. The topological polar surface area (TPSA) is 52.7 Å². The maximum Gasteiger partial charge on any atom is 0.117 e. The van der Waals surface area contributed by atoms with Gasteiger partial charge in [0.05, 0.1) is 39.0 Å². The molecule has 4 heterocycles. The number of aromatic nitrogens is 2. The zero-order valence-electron chi connectivity index (χ0n) is 13.3. The molecule has 0 aliphatic carbocycles. The molecule has 0 N–H and O–H groups in total. The number of rotatable bonds is 4. The first kappa shape index (κ1) is 14.9. The SMILES string of the molecule is c1coc(CN2CCOC[C@@]3(C[C@H](Cn4ccnc4)CO3)C2)c1. The molecule has 0 amide bonds. The lowest BCUT2D eigenvalue weighted by molar-refractivity contribution is -0.0566. The van der Waals surface area contributed by atoms with Crippen molar-refractivity contribution in [2.24, 2.45) is 5.92 Å². The molecule has 0 bridgehead atoms. The van der Waals surface area contributed by atoms with E-state index in [1.165, 1.54) is 0 Å². The lowest BCUT2D eigenvalue weighted by atomic mass is 9.94. The van der Waals surface area contributed by atoms with E-state index in [-0.39, 0.29) is 5.60 Å². The van der Waals surface area contributed by atoms with E-state index in [2.05, 4.69) is 14.5 Å². The molecule has 23 heavy (non-hydrogen) atoms. The van der Waals surface area contributed by atoms with E-state index < -0.39 is 0 Å². The second kappa shape index (κ2) is 6.47. The van der Waals surface area contributed by atoms with Gasteiger partial charge in [0.1, 0.15) is 11.4 Å². The molecule has 2 aliphatic rings. The first-order chi connectivity index (χ1) is 11.3. The molecule has 2 fully saturated rings. The summed E-state index contributed by atoms with van der Waals surface area (Å²) < 4.78 is 19.7. The van der Waals surface area contributed by atoms with Crippen LogP contribution >= 0.6 is 0 Å². The Bertz CT molecular complexity index is 599. The predicted molar refractivity (Wildman–Crippen MR) is 83.8 cm³/mol. The van der Waals surface area contributed by atoms with E-state index in [9.17, 15) is 0 Å². The van der Waals surface area contributed by atoms with Crippen LogP contribution < -0.4 is 0 Å². The van der Waals surface area contributed by atoms with Crippen LogP contribution in [0.1, 0.15) is 12.2 Å². The minimum atomic E-state index is -0.186. The summed E-state index contributed by atoms with van der Waals surface area (Å²) in [5, 5.41) is 0. The van der Waals surface area contributed by atoms with Gasteiger partial charge in [-0.2, -0.15) is 0 Å². The third-order valence-electron chi connectivity index (χ3n) is 4.70. The van der Waals surface area contributed by atoms with E-state index in [1.807, 2.05) is 30.9 Å². The zero-order chi connectivity index (χ0) is 15.5. The van der Waals surface area contributed by atoms with Gasteiger partial charge in [-0.25, -0.2) is 4.98 Å². The summed E-state index contributed by atoms with van der Waals surface area (Å²) in [5.41, 5.74) is -0.186. The highest BCUT2D eigenvalue weighted by Gasteiger charge is 2.43. The van der Waals surface area contributed by atoms with E-state index in [4.69, 9.17) is 13.9 Å². The largest absolute Gasteiger partial charge is 0.468 e. The Morgan fingerprint density at radius 1 is 1.39 bits per heavy atom. The molecule has 6 heteroatoms. The Hall–Kier alpha value is -1.63. The average molecular weight is 317 g/mol. The van der Waals surface area contributed by atoms with Crippen LogP contribution in [0, 0.1) is 5.92 Å². The number of hydrogen-bond donors (Lipinski definition) is 0. The van der Waals surface area contributed by atoms with Crippen LogP contribution in [0.25, 0.3) is 0 Å². The number of furan rings is 1. The summed E-state index contributed by atoms with van der Waals surface area (Å²) in [6.07, 6.45) is 8.47. The van der Waals surface area contributed by atoms with Gasteiger partial charge in [-0.1, -0.05) is 0 Å². The van der Waals surface area contributed by atoms with Crippen LogP contribution in [-0.4, -0.2) is 53.0 Å². The molecule has 0 unspecified atom stereocenters. The highest BCUT2D eigenvalue weighted by molar-refractivity contribution is 5.00. The fourth-order valence-corrected chi connectivity index (χ4v) is 3.70. The predicted octanol–water partition coefficient (Wildman–Crippen LogP) is 1.78. The van der Waals surface area contributed by atoms with Gasteiger partial charge in [0.25, 0.3) is 0 Å². The minimum absolute atomic E-state index is 0.186. The Balaban J connectivity index is 1.40. The summed E-state index contributed by atoms with van der Waals surface area (Å²) in [4.78, 5) is 6.50. The summed E-state index contributed by atoms with van der Waals surface area (Å²) in [6.45, 7) is 5.80. The number of hydrogen-bond acceptors (Lipinski definition) is 5. The van der Waals surface area contributed by atoms with E-state index in [0.717, 1.165) is 51.6 Å². The molecule has 4 rings (SSSR count). The van der Waals surface area contributed by atoms with Crippen LogP contribution in [0.3, 0.4) is 0 Å². The van der Waals surface area contributed by atoms with Crippen molar-refractivity contribution in [3.05, 3.63) is 42.9 Å². The molecular formula is C17H23N3O3. The summed E-state index contributed by atoms with van der Waals surface area (Å²) in [5.74, 6) is 1.51. The summed E-state index contributed by atoms with van der Waals surface area (Å²) in [7, 11) is 0. The first-order valence-electron chi connectivity index (χ1n) is 8.24. The second-order valence-corrected chi connectivity index (χ2v) is 6.67. The highest BCUT2D eigenvalue weighted by atomic mass is 16.5. The van der Waals surface area contributed by atoms with Crippen LogP contribution in [0.5, 0.6) is 0 Å². The molecule has 1 spiro atoms. The Kier molecular flexibility index (Phi) is 4.20. The monoisotopic (exact) mass is 317 g/mol. The number of imidazole rings is 1. The van der Waals surface area contributed by atoms with E-state index in [1.54, 1.807) is 6.26 Å². The standard InChI is InChI=1S/C17H23N3O3/c1-2-16(22-6-1)10-19-5-7-21-13-17(12-19)8-15(11-23-17)9-20-4-3-18-14-20/h1-4,6,14-15H,5,7-13H2/t15-,17-/m1/s1. The van der Waals surface area contributed by atoms with Crippen molar-refractivity contribution in [2.45, 2.75) is 25.1 Å². The zero-order valence-corrected chi connectivity index (χ0v) is 13.3. The molecule has 124 valence electrons. The summed E-state index contributed by atoms with van der Waals surface area (Å²) in [6, 6.07) is 3.96. The minimum Gasteiger partial charge on any atom is -0.468 e. The fourth-order valence-electron chi connectivity index (χ4n) is 3.70. The lowest BCUT2D eigenvalue weighted by Gasteiger charge is -2.30. The lowest BCUT2D eigenvalue weighted by Crippen LogP contribution is -2.43. The molecular weight excluding hydrogens is 294 g/mol. The number of nitrogens with zero attached hydrogens (tertiary/aromatic N) is 3. The van der Waals surface area contributed by atoms with Crippen molar-refractivity contribution in [1.29, 1.82) is 0 Å². The van der Waals surface area contributed by atoms with Gasteiger partial charge >= 0.3 is 0 Å². The molecule has 2 aromatic rings. The van der Waals surface area contributed by atoms with Crippen molar-refractivity contribution in [1.82, 2.24) is 14.5 Å². The Labute approximate surface area is 136 Å². The van der Waals surface area contributed by atoms with Gasteiger partial charge in [0.2, 0.25) is 0 Å². The van der Waals surface area contributed by atoms with Gasteiger partial charge in [0.15, 0.2) is 0 Å². The fraction of sp³-hybridized carbons (Fsp3) is 0.588. The quantitative estimate of drug-likeness (QED) is 0.860. The van der Waals surface area contributed by atoms with Gasteiger partial charge in [-0.05, 0) is 18.6 Å². The second-order valence-electron chi connectivity index (χ2n) is 6.67. The van der Waals surface area contributed by atoms with Crippen molar-refractivity contribution in [2.75, 3.05) is 32.9 Å². The van der Waals surface area contributed by atoms with Gasteiger partial charge in [-0.15, -0.1) is 0 Å². The van der Waals surface area contributed by atoms with Crippen LogP contribution in [0.2, 0.25) is 0 Å². The van der Waals surface area contributed by atoms with Crippen molar-refractivity contribution in [3.8, 4) is 0 Å². The molecule has 2 saturated heterocycles. The molecule has 2 aromatic heterocycles. The van der Waals surface area contributed by atoms with Gasteiger partial charge in [0, 0.05) is 37.9 Å². The molecule has 0 radical (unpaired) electrons. The van der Waals surface area contributed by atoms with Crippen molar-refractivity contribution in [3.63, 3.8) is 0 Å². The van der Waals surface area contributed by atoms with Crippen LogP contribution in [-0.2, 0) is 22.6 Å². The molecule has 2 atom stereocenters. The normalized spacial score (nSPS) is 29.1. The maximum absolute atomic E-state index is 6.24. The average Bonchev–Trinajstić information content (AvgIpc) is 3.25. The van der Waals surface area contributed by atoms with Crippen LogP contribution in [0.4, 0.5) is 0 Å². The molecule has 6 nitrogen and oxygen atoms in total. The first-order valence-corrected chi connectivity index (χ1v) is 8.24. The highest BCUT2D eigenvalue weighted by Crippen LogP contribution is 2.34. The third-order valence-corrected chi connectivity index (χ3v) is 4.70.